The number of carboxylic acids is 1. The lowest BCUT2D eigenvalue weighted by Crippen LogP contribution is -2.69. The first-order chi connectivity index (χ1) is 24.7. The molecule has 2 aromatic heterocycles. The highest BCUT2D eigenvalue weighted by Gasteiger charge is 2.72. The first kappa shape index (κ1) is 38.6. The van der Waals surface area contributed by atoms with Crippen molar-refractivity contribution in [3.8, 4) is 11.4 Å². The van der Waals surface area contributed by atoms with Crippen molar-refractivity contribution in [3.63, 3.8) is 0 Å². The van der Waals surface area contributed by atoms with E-state index in [2.05, 4.69) is 97.1 Å². The summed E-state index contributed by atoms with van der Waals surface area (Å²) in [4.78, 5) is 18.4. The normalized spacial score (nSPS) is 41.4. The van der Waals surface area contributed by atoms with Gasteiger partial charge in [-0.25, -0.2) is 9.67 Å². The lowest BCUT2D eigenvalue weighted by atomic mass is 9.34. The molecule has 7 rings (SSSR count). The molecule has 0 amide bonds. The summed E-state index contributed by atoms with van der Waals surface area (Å²) in [5.74, 6) is 1.01. The highest BCUT2D eigenvalue weighted by Crippen LogP contribution is 2.75. The minimum absolute atomic E-state index is 0.143. The quantitative estimate of drug-likeness (QED) is 0.259. The molecule has 1 unspecified atom stereocenters. The molecule has 10 heteroatoms. The third-order valence-corrected chi connectivity index (χ3v) is 17.1. The van der Waals surface area contributed by atoms with Gasteiger partial charge in [-0.1, -0.05) is 80.9 Å². The average molecular weight is 731 g/mol. The first-order valence-corrected chi connectivity index (χ1v) is 20.3. The van der Waals surface area contributed by atoms with Crippen molar-refractivity contribution < 1.29 is 19.4 Å². The van der Waals surface area contributed by atoms with Crippen LogP contribution < -0.4 is 5.73 Å². The van der Waals surface area contributed by atoms with Crippen molar-refractivity contribution in [2.75, 3.05) is 19.8 Å². The molecule has 12 atom stereocenters. The second kappa shape index (κ2) is 12.7. The summed E-state index contributed by atoms with van der Waals surface area (Å²) < 4.78 is 16.1. The number of aromatic nitrogens is 5. The van der Waals surface area contributed by atoms with Crippen LogP contribution in [0, 0.1) is 62.1 Å². The Kier molecular flexibility index (Phi) is 9.22. The number of carbonyl (C=O) groups is 1. The molecule has 2 aromatic rings. The summed E-state index contributed by atoms with van der Waals surface area (Å²) in [6.07, 6.45) is 13.0. The molecule has 2 bridgehead atoms. The van der Waals surface area contributed by atoms with E-state index < -0.39 is 17.4 Å². The van der Waals surface area contributed by atoms with E-state index in [4.69, 9.17) is 25.3 Å². The molecule has 3 N–H and O–H groups in total. The van der Waals surface area contributed by atoms with Gasteiger partial charge in [-0.15, -0.1) is 0 Å². The standard InChI is InChI=1S/C43H66N6O4/c1-26(2)27(3)38(7)17-18-40(9)29-12-13-32-39(8)22-52-24-43(32,30(29)14-16-41(40,10)33(38)36(50)51)20-31(34(39)53-23-42(11,44)37(4,5)6)49-35(45-25-48-49)28-15-19-46-47-21-28/h14-15,19,21,25-27,29,31-34H,12-13,16-18,20,22-24,44H2,1-11H3,(H,50,51)/t27-,29+,31-,32+,33-,34+,38-,39+,40-,41+,42+,43?/m1/s1. The van der Waals surface area contributed by atoms with E-state index in [0.29, 0.717) is 37.6 Å². The van der Waals surface area contributed by atoms with Gasteiger partial charge in [-0.3, -0.25) is 4.79 Å². The number of hydrogen-bond acceptors (Lipinski definition) is 8. The molecule has 292 valence electrons. The van der Waals surface area contributed by atoms with Gasteiger partial charge in [0.25, 0.3) is 0 Å². The molecule has 10 nitrogen and oxygen atoms in total. The third kappa shape index (κ3) is 5.45. The van der Waals surface area contributed by atoms with Gasteiger partial charge < -0.3 is 20.3 Å². The van der Waals surface area contributed by atoms with Crippen LogP contribution in [0.5, 0.6) is 0 Å². The van der Waals surface area contributed by atoms with Crippen LogP contribution in [0.15, 0.2) is 36.4 Å². The Labute approximate surface area is 317 Å². The number of hydrogen-bond donors (Lipinski definition) is 2. The molecule has 0 spiro atoms. The van der Waals surface area contributed by atoms with Crippen LogP contribution in [-0.4, -0.2) is 67.5 Å². The van der Waals surface area contributed by atoms with Crippen molar-refractivity contribution in [1.29, 1.82) is 0 Å². The second-order valence-electron chi connectivity index (χ2n) is 20.7. The van der Waals surface area contributed by atoms with E-state index in [1.807, 2.05) is 6.07 Å². The van der Waals surface area contributed by atoms with Crippen LogP contribution in [0.2, 0.25) is 0 Å². The number of nitrogens with two attached hydrogens (primary N) is 1. The van der Waals surface area contributed by atoms with E-state index in [1.54, 1.807) is 18.7 Å². The molecule has 1 aliphatic heterocycles. The number of allylic oxidation sites excluding steroid dienone is 1. The zero-order chi connectivity index (χ0) is 38.6. The fraction of sp³-hybridized carbons (Fsp3) is 0.791. The van der Waals surface area contributed by atoms with Crippen LogP contribution in [0.1, 0.15) is 121 Å². The van der Waals surface area contributed by atoms with Crippen LogP contribution in [-0.2, 0) is 14.3 Å². The largest absolute Gasteiger partial charge is 0.481 e. The molecule has 4 fully saturated rings. The second-order valence-corrected chi connectivity index (χ2v) is 20.7. The Bertz CT molecular complexity index is 1730. The molecule has 4 aliphatic carbocycles. The number of rotatable bonds is 8. The minimum atomic E-state index is -0.630. The molecular weight excluding hydrogens is 665 g/mol. The zero-order valence-electron chi connectivity index (χ0n) is 34.3. The molecular formula is C43H66N6O4. The molecule has 0 radical (unpaired) electrons. The smallest absolute Gasteiger partial charge is 0.307 e. The predicted octanol–water partition coefficient (Wildman–Crippen LogP) is 8.01. The fourth-order valence-corrected chi connectivity index (χ4v) is 12.7. The SMILES string of the molecule is CC(C)[C@@H](C)[C@@]1(C)CC[C@]2(C)[C@H]3CC[C@@H]4C5(COC[C@]4(C)[C@@H](OC[C@](C)(N)C(C)(C)C)[C@H](n4ncnc4-c4ccnnc4)C5)C3=CC[C@@]2(C)[C@@H]1C(=O)O. The maximum absolute atomic E-state index is 13.6. The summed E-state index contributed by atoms with van der Waals surface area (Å²) in [6, 6.07) is 1.79. The predicted molar refractivity (Wildman–Crippen MR) is 205 cm³/mol. The lowest BCUT2D eigenvalue weighted by molar-refractivity contribution is -0.253. The number of fused-ring (bicyclic) bond motifs is 3. The lowest BCUT2D eigenvalue weighted by Gasteiger charge is -2.71. The van der Waals surface area contributed by atoms with Gasteiger partial charge in [0.2, 0.25) is 0 Å². The Hall–Kier alpha value is -2.69. The van der Waals surface area contributed by atoms with Crippen molar-refractivity contribution in [2.45, 2.75) is 132 Å². The minimum Gasteiger partial charge on any atom is -0.481 e. The molecule has 3 saturated carbocycles. The molecule has 53 heavy (non-hydrogen) atoms. The molecule has 5 aliphatic rings. The van der Waals surface area contributed by atoms with E-state index in [9.17, 15) is 9.90 Å². The van der Waals surface area contributed by atoms with Crippen molar-refractivity contribution in [2.24, 2.45) is 67.8 Å². The number of nitrogens with zero attached hydrogens (tertiary/aromatic N) is 5. The monoisotopic (exact) mass is 731 g/mol. The van der Waals surface area contributed by atoms with E-state index in [1.165, 1.54) is 5.57 Å². The molecule has 0 aromatic carbocycles. The Morgan fingerprint density at radius 2 is 1.81 bits per heavy atom. The van der Waals surface area contributed by atoms with Gasteiger partial charge in [0.05, 0.1) is 50.3 Å². The van der Waals surface area contributed by atoms with Gasteiger partial charge in [-0.05, 0) is 96.8 Å². The first-order valence-electron chi connectivity index (χ1n) is 20.3. The van der Waals surface area contributed by atoms with Crippen LogP contribution in [0.4, 0.5) is 0 Å². The summed E-state index contributed by atoms with van der Waals surface area (Å²) in [6.45, 7) is 26.5. The average Bonchev–Trinajstić information content (AvgIpc) is 3.57. The zero-order valence-corrected chi connectivity index (χ0v) is 34.3. The van der Waals surface area contributed by atoms with E-state index >= 15 is 0 Å². The van der Waals surface area contributed by atoms with E-state index in [0.717, 1.165) is 49.9 Å². The fourth-order valence-electron chi connectivity index (χ4n) is 12.7. The highest BCUT2D eigenvalue weighted by atomic mass is 16.5. The van der Waals surface area contributed by atoms with Gasteiger partial charge in [0, 0.05) is 21.9 Å². The maximum atomic E-state index is 13.6. The summed E-state index contributed by atoms with van der Waals surface area (Å²) in [5, 5.41) is 24.3. The van der Waals surface area contributed by atoms with Crippen molar-refractivity contribution in [1.82, 2.24) is 25.0 Å². The maximum Gasteiger partial charge on any atom is 0.307 e. The number of ether oxygens (including phenoxy) is 2. The van der Waals surface area contributed by atoms with Crippen LogP contribution in [0.3, 0.4) is 0 Å². The van der Waals surface area contributed by atoms with E-state index in [-0.39, 0.29) is 50.6 Å². The van der Waals surface area contributed by atoms with Crippen molar-refractivity contribution >= 4 is 5.97 Å². The Morgan fingerprint density at radius 1 is 1.08 bits per heavy atom. The van der Waals surface area contributed by atoms with Gasteiger partial charge in [-0.2, -0.15) is 15.3 Å². The van der Waals surface area contributed by atoms with Gasteiger partial charge >= 0.3 is 5.97 Å². The topological polar surface area (TPSA) is 138 Å². The van der Waals surface area contributed by atoms with Crippen LogP contribution in [0.25, 0.3) is 11.4 Å². The Morgan fingerprint density at radius 3 is 2.45 bits per heavy atom. The third-order valence-electron chi connectivity index (χ3n) is 17.1. The summed E-state index contributed by atoms with van der Waals surface area (Å²) in [7, 11) is 0. The Balaban J connectivity index is 1.35. The highest BCUT2D eigenvalue weighted by molar-refractivity contribution is 5.73. The number of aliphatic carboxylic acids is 1. The van der Waals surface area contributed by atoms with Gasteiger partial charge in [0.1, 0.15) is 6.33 Å². The summed E-state index contributed by atoms with van der Waals surface area (Å²) >= 11 is 0. The molecule has 1 saturated heterocycles. The number of carboxylic acid groups (broad SMARTS) is 1. The van der Waals surface area contributed by atoms with Crippen LogP contribution >= 0.6 is 0 Å². The van der Waals surface area contributed by atoms with Crippen molar-refractivity contribution in [3.05, 3.63) is 36.4 Å². The summed E-state index contributed by atoms with van der Waals surface area (Å²) in [5.41, 5.74) is 7.23. The van der Waals surface area contributed by atoms with Gasteiger partial charge in [0.15, 0.2) is 5.82 Å². The molecule has 3 heterocycles.